The quantitative estimate of drug-likeness (QED) is 0.826. The van der Waals surface area contributed by atoms with Gasteiger partial charge in [0.15, 0.2) is 0 Å². The maximum Gasteiger partial charge on any atom is 0.336 e. The summed E-state index contributed by atoms with van der Waals surface area (Å²) in [6.45, 7) is 0. The van der Waals surface area contributed by atoms with Gasteiger partial charge in [-0.1, -0.05) is 19.3 Å². The van der Waals surface area contributed by atoms with Crippen LogP contribution in [0.4, 0.5) is 0 Å². The minimum Gasteiger partial charge on any atom is -0.426 e. The molecule has 1 aromatic rings. The number of amides is 2. The predicted molar refractivity (Wildman–Crippen MR) is 66.8 cm³/mol. The first-order chi connectivity index (χ1) is 9.13. The number of hydrogen-bond donors (Lipinski definition) is 1. The molecule has 0 saturated heterocycles. The first kappa shape index (κ1) is 12.1. The SMILES string of the molecule is O=C1Cc2oc(=O)cc(CCCC3CC3)c2C(=O)N1. The summed E-state index contributed by atoms with van der Waals surface area (Å²) in [6, 6.07) is 1.38. The summed E-state index contributed by atoms with van der Waals surface area (Å²) in [5.41, 5.74) is 0.606. The molecule has 0 bridgehead atoms. The molecule has 0 aromatic carbocycles. The van der Waals surface area contributed by atoms with Gasteiger partial charge in [0.25, 0.3) is 5.91 Å². The molecule has 3 rings (SSSR count). The highest BCUT2D eigenvalue weighted by atomic mass is 16.4. The summed E-state index contributed by atoms with van der Waals surface area (Å²) in [6.07, 6.45) is 5.34. The van der Waals surface area contributed by atoms with Gasteiger partial charge in [-0.05, 0) is 24.3 Å². The van der Waals surface area contributed by atoms with Crippen LogP contribution in [0.1, 0.15) is 47.4 Å². The fourth-order valence-electron chi connectivity index (χ4n) is 2.56. The van der Waals surface area contributed by atoms with Gasteiger partial charge in [-0.2, -0.15) is 0 Å². The van der Waals surface area contributed by atoms with Gasteiger partial charge in [-0.15, -0.1) is 0 Å². The molecular formula is C14H15NO4. The van der Waals surface area contributed by atoms with Gasteiger partial charge in [-0.3, -0.25) is 14.9 Å². The van der Waals surface area contributed by atoms with Gasteiger partial charge in [0.05, 0.1) is 12.0 Å². The lowest BCUT2D eigenvalue weighted by molar-refractivity contribution is -0.120. The molecule has 0 unspecified atom stereocenters. The molecule has 2 heterocycles. The largest absolute Gasteiger partial charge is 0.426 e. The summed E-state index contributed by atoms with van der Waals surface area (Å²) in [7, 11) is 0. The third-order valence-electron chi connectivity index (χ3n) is 3.67. The van der Waals surface area contributed by atoms with Crippen molar-refractivity contribution in [2.24, 2.45) is 5.92 Å². The molecular weight excluding hydrogens is 246 g/mol. The number of fused-ring (bicyclic) bond motifs is 1. The molecule has 1 N–H and O–H groups in total. The van der Waals surface area contributed by atoms with E-state index in [9.17, 15) is 14.4 Å². The Balaban J connectivity index is 1.87. The van der Waals surface area contributed by atoms with Crippen LogP contribution in [0.3, 0.4) is 0 Å². The van der Waals surface area contributed by atoms with Crippen molar-refractivity contribution in [1.29, 1.82) is 0 Å². The van der Waals surface area contributed by atoms with Crippen molar-refractivity contribution in [3.63, 3.8) is 0 Å². The number of nitrogens with one attached hydrogen (secondary N) is 1. The highest BCUT2D eigenvalue weighted by molar-refractivity contribution is 6.09. The monoisotopic (exact) mass is 261 g/mol. The minimum absolute atomic E-state index is 0.0349. The van der Waals surface area contributed by atoms with E-state index >= 15 is 0 Å². The first-order valence-electron chi connectivity index (χ1n) is 6.63. The summed E-state index contributed by atoms with van der Waals surface area (Å²) in [5, 5.41) is 2.27. The average Bonchev–Trinajstić information content (AvgIpc) is 3.11. The molecule has 2 amide bonds. The number of aryl methyl sites for hydroxylation is 1. The van der Waals surface area contributed by atoms with Crippen LogP contribution >= 0.6 is 0 Å². The van der Waals surface area contributed by atoms with Crippen LogP contribution in [0.25, 0.3) is 0 Å². The van der Waals surface area contributed by atoms with E-state index in [4.69, 9.17) is 4.42 Å². The lowest BCUT2D eigenvalue weighted by atomic mass is 9.97. The normalized spacial score (nSPS) is 18.1. The number of carbonyl (C=O) groups is 2. The molecule has 1 fully saturated rings. The lowest BCUT2D eigenvalue weighted by Crippen LogP contribution is -2.38. The molecule has 2 aliphatic rings. The van der Waals surface area contributed by atoms with Gasteiger partial charge in [0.2, 0.25) is 5.91 Å². The van der Waals surface area contributed by atoms with Gasteiger partial charge >= 0.3 is 5.63 Å². The van der Waals surface area contributed by atoms with E-state index in [2.05, 4.69) is 5.32 Å². The Labute approximate surface area is 110 Å². The maximum atomic E-state index is 11.8. The van der Waals surface area contributed by atoms with Crippen molar-refractivity contribution in [2.45, 2.75) is 38.5 Å². The fraction of sp³-hybridized carbons (Fsp3) is 0.500. The number of rotatable bonds is 4. The van der Waals surface area contributed by atoms with Crippen LogP contribution in [0, 0.1) is 5.92 Å². The lowest BCUT2D eigenvalue weighted by Gasteiger charge is -2.16. The van der Waals surface area contributed by atoms with E-state index in [1.807, 2.05) is 0 Å². The van der Waals surface area contributed by atoms with Crippen LogP contribution < -0.4 is 10.9 Å². The molecule has 5 nitrogen and oxygen atoms in total. The van der Waals surface area contributed by atoms with E-state index < -0.39 is 17.4 Å². The molecule has 1 aromatic heterocycles. The number of imide groups is 1. The highest BCUT2D eigenvalue weighted by Crippen LogP contribution is 2.34. The predicted octanol–water partition coefficient (Wildman–Crippen LogP) is 1.19. The Morgan fingerprint density at radius 2 is 2.05 bits per heavy atom. The summed E-state index contributed by atoms with van der Waals surface area (Å²) >= 11 is 0. The Morgan fingerprint density at radius 3 is 2.79 bits per heavy atom. The second-order valence-electron chi connectivity index (χ2n) is 5.28. The molecule has 0 atom stereocenters. The van der Waals surface area contributed by atoms with Gasteiger partial charge in [-0.25, -0.2) is 4.79 Å². The van der Waals surface area contributed by atoms with Crippen molar-refractivity contribution in [3.05, 3.63) is 33.4 Å². The summed E-state index contributed by atoms with van der Waals surface area (Å²) in [4.78, 5) is 34.6. The molecule has 0 spiro atoms. The molecule has 19 heavy (non-hydrogen) atoms. The van der Waals surface area contributed by atoms with Crippen LogP contribution in [0.15, 0.2) is 15.3 Å². The molecule has 1 aliphatic carbocycles. The van der Waals surface area contributed by atoms with E-state index in [0.717, 1.165) is 18.8 Å². The molecule has 1 saturated carbocycles. The van der Waals surface area contributed by atoms with Crippen LogP contribution in [-0.4, -0.2) is 11.8 Å². The maximum absolute atomic E-state index is 11.8. The minimum atomic E-state index is -0.484. The molecule has 1 aliphatic heterocycles. The van der Waals surface area contributed by atoms with Crippen LogP contribution in [0.5, 0.6) is 0 Å². The zero-order valence-electron chi connectivity index (χ0n) is 10.5. The zero-order chi connectivity index (χ0) is 13.4. The molecule has 5 heteroatoms. The Hall–Kier alpha value is -1.91. The topological polar surface area (TPSA) is 76.4 Å². The van der Waals surface area contributed by atoms with Gasteiger partial charge < -0.3 is 4.42 Å². The summed E-state index contributed by atoms with van der Waals surface area (Å²) < 4.78 is 4.98. The van der Waals surface area contributed by atoms with Crippen LogP contribution in [-0.2, 0) is 17.6 Å². The smallest absolute Gasteiger partial charge is 0.336 e. The zero-order valence-corrected chi connectivity index (χ0v) is 10.5. The van der Waals surface area contributed by atoms with Crippen molar-refractivity contribution in [3.8, 4) is 0 Å². The van der Waals surface area contributed by atoms with Crippen molar-refractivity contribution >= 4 is 11.8 Å². The Bertz CT molecular complexity index is 598. The fourth-order valence-corrected chi connectivity index (χ4v) is 2.56. The first-order valence-corrected chi connectivity index (χ1v) is 6.63. The van der Waals surface area contributed by atoms with Crippen molar-refractivity contribution in [2.75, 3.05) is 0 Å². The average molecular weight is 261 g/mol. The summed E-state index contributed by atoms with van der Waals surface area (Å²) in [5.74, 6) is 0.168. The van der Waals surface area contributed by atoms with Gasteiger partial charge in [0.1, 0.15) is 5.76 Å². The van der Waals surface area contributed by atoms with Crippen LogP contribution in [0.2, 0.25) is 0 Å². The van der Waals surface area contributed by atoms with Gasteiger partial charge in [0, 0.05) is 6.07 Å². The standard InChI is InChI=1S/C14H15NO4/c16-11-7-10-13(14(18)15-11)9(6-12(17)19-10)3-1-2-8-4-5-8/h6,8H,1-5,7H2,(H,15,16,18). The third-order valence-corrected chi connectivity index (χ3v) is 3.67. The second-order valence-corrected chi connectivity index (χ2v) is 5.28. The third kappa shape index (κ3) is 2.59. The Morgan fingerprint density at radius 1 is 1.26 bits per heavy atom. The Kier molecular flexibility index (Phi) is 2.97. The van der Waals surface area contributed by atoms with E-state index in [1.165, 1.54) is 18.9 Å². The highest BCUT2D eigenvalue weighted by Gasteiger charge is 2.28. The number of hydrogen-bond acceptors (Lipinski definition) is 4. The van der Waals surface area contributed by atoms with E-state index in [-0.39, 0.29) is 12.2 Å². The molecule has 100 valence electrons. The molecule has 0 radical (unpaired) electrons. The second kappa shape index (κ2) is 4.64. The van der Waals surface area contributed by atoms with E-state index in [0.29, 0.717) is 17.5 Å². The number of carbonyl (C=O) groups excluding carboxylic acids is 2. The van der Waals surface area contributed by atoms with Crippen molar-refractivity contribution < 1.29 is 14.0 Å². The van der Waals surface area contributed by atoms with E-state index in [1.54, 1.807) is 0 Å². The van der Waals surface area contributed by atoms with Crippen molar-refractivity contribution in [1.82, 2.24) is 5.32 Å².